The van der Waals surface area contributed by atoms with E-state index in [0.717, 1.165) is 24.8 Å². The molecule has 0 bridgehead atoms. The lowest BCUT2D eigenvalue weighted by atomic mass is 9.35. The highest BCUT2D eigenvalue weighted by atomic mass is 16.8. The van der Waals surface area contributed by atoms with E-state index < -0.39 is 240 Å². The Balaban J connectivity index is 0.827. The lowest BCUT2D eigenvalue weighted by Gasteiger charge is -2.71. The third-order valence-corrected chi connectivity index (χ3v) is 25.0. The molecule has 4 unspecified atom stereocenters. The number of fused-ring (bicyclic) bond motifs is 5. The van der Waals surface area contributed by atoms with E-state index in [0.29, 0.717) is 38.5 Å². The molecule has 31 nitrogen and oxygen atoms in total. The number of aliphatic hydroxyl groups is 19. The topological polar surface area (TPSA) is 495 Å². The van der Waals surface area contributed by atoms with Gasteiger partial charge in [0.15, 0.2) is 25.2 Å². The van der Waals surface area contributed by atoms with Gasteiger partial charge in [-0.3, -0.25) is 0 Å². The van der Waals surface area contributed by atoms with Crippen LogP contribution in [0.5, 0.6) is 0 Å². The Morgan fingerprint density at radius 2 is 0.969 bits per heavy atom. The van der Waals surface area contributed by atoms with Crippen LogP contribution in [0.2, 0.25) is 0 Å². The molecule has 0 aromatic carbocycles. The molecule has 6 heterocycles. The minimum absolute atomic E-state index is 0.00534. The lowest BCUT2D eigenvalue weighted by Crippen LogP contribution is -2.68. The Bertz CT molecular complexity index is 2580. The van der Waals surface area contributed by atoms with Crippen LogP contribution in [0.15, 0.2) is 11.6 Å². The van der Waals surface area contributed by atoms with E-state index in [9.17, 15) is 97.0 Å². The zero-order valence-corrected chi connectivity index (χ0v) is 56.6. The van der Waals surface area contributed by atoms with Gasteiger partial charge in [0.05, 0.1) is 70.7 Å². The van der Waals surface area contributed by atoms with Gasteiger partial charge in [0.25, 0.3) is 0 Å². The van der Waals surface area contributed by atoms with Crippen LogP contribution in [-0.2, 0) is 56.8 Å². The quantitative estimate of drug-likeness (QED) is 0.0356. The second-order valence-corrected chi connectivity index (χ2v) is 31.2. The van der Waals surface area contributed by atoms with E-state index in [1.807, 2.05) is 20.8 Å². The molecule has 0 amide bonds. The van der Waals surface area contributed by atoms with Gasteiger partial charge < -0.3 is 154 Å². The van der Waals surface area contributed by atoms with Gasteiger partial charge in [-0.2, -0.15) is 0 Å². The standard InChI is InChI=1S/C66H112O31/c1-27(2)10-9-14-66(8,90-26-37-48(79)50(81)47(78)36(91-37)25-89-59-54(85)55(49(80)34(21-69)92-59)87-24-35-46(77)42(73)30(71)22-86-35)28-11-16-65(7)41(28)29(70)18-39-63(5)15-13-40(62(3,4)38(63)12-17-64(39,65)6)95-60-56(51(82)44(75)32(19-67)93-60)97-61-57(52(83)45(76)33(20-68)94-61)96-58-53(84)43(74)31(72)23-88-58/h10,28-61,67-85H,9,11-26H2,1-8H3/t28?,29-,30-,31-,32-,33-,34-,35+,36-,37+,38?,39?,40+,41?,42+,43+,44-,45-,46+,47-,48+,49-,50+,51+,52+,53-,54-,55+,56-,57-,58+,59-,60+,61+,63+,64-,65-,66+/m1/s1. The fraction of sp³-hybridized carbons (Fsp3) is 0.970. The van der Waals surface area contributed by atoms with Crippen molar-refractivity contribution in [2.45, 2.75) is 303 Å². The van der Waals surface area contributed by atoms with Crippen molar-refractivity contribution in [3.8, 4) is 0 Å². The first kappa shape index (κ1) is 78.1. The van der Waals surface area contributed by atoms with Crippen molar-refractivity contribution in [2.75, 3.05) is 52.9 Å². The van der Waals surface area contributed by atoms with Gasteiger partial charge >= 0.3 is 0 Å². The van der Waals surface area contributed by atoms with Crippen molar-refractivity contribution in [1.82, 2.24) is 0 Å². The third kappa shape index (κ3) is 14.7. The van der Waals surface area contributed by atoms with E-state index in [1.54, 1.807) is 0 Å². The smallest absolute Gasteiger partial charge is 0.187 e. The van der Waals surface area contributed by atoms with Gasteiger partial charge in [-0.25, -0.2) is 0 Å². The molecule has 10 rings (SSSR count). The molecular weight excluding hydrogens is 1290 g/mol. The first-order valence-corrected chi connectivity index (χ1v) is 34.7. The highest BCUT2D eigenvalue weighted by molar-refractivity contribution is 5.21. The number of hydrogen-bond acceptors (Lipinski definition) is 31. The van der Waals surface area contributed by atoms with Crippen molar-refractivity contribution in [1.29, 1.82) is 0 Å². The Morgan fingerprint density at radius 1 is 0.454 bits per heavy atom. The predicted octanol–water partition coefficient (Wildman–Crippen LogP) is -5.19. The summed E-state index contributed by atoms with van der Waals surface area (Å²) in [4.78, 5) is 0. The first-order valence-electron chi connectivity index (χ1n) is 34.7. The van der Waals surface area contributed by atoms with E-state index in [4.69, 9.17) is 56.8 Å². The highest BCUT2D eigenvalue weighted by Crippen LogP contribution is 2.76. The summed E-state index contributed by atoms with van der Waals surface area (Å²) in [6.45, 7) is 12.8. The highest BCUT2D eigenvalue weighted by Gasteiger charge is 2.72. The zero-order valence-electron chi connectivity index (χ0n) is 56.6. The van der Waals surface area contributed by atoms with Crippen molar-refractivity contribution in [2.24, 2.45) is 45.3 Å². The Labute approximate surface area is 564 Å². The van der Waals surface area contributed by atoms with Crippen LogP contribution >= 0.6 is 0 Å². The maximum absolute atomic E-state index is 13.0. The fourth-order valence-electron chi connectivity index (χ4n) is 19.0. The second-order valence-electron chi connectivity index (χ2n) is 31.2. The Hall–Kier alpha value is -1.50. The first-order chi connectivity index (χ1) is 45.6. The molecule has 6 saturated heterocycles. The van der Waals surface area contributed by atoms with Crippen LogP contribution in [0.25, 0.3) is 0 Å². The summed E-state index contributed by atoms with van der Waals surface area (Å²) in [6.07, 6.45) is -38.5. The van der Waals surface area contributed by atoms with Crippen molar-refractivity contribution < 1.29 is 154 Å². The zero-order chi connectivity index (χ0) is 70.9. The van der Waals surface area contributed by atoms with E-state index in [-0.39, 0.29) is 47.7 Å². The maximum atomic E-state index is 13.0. The SMILES string of the molecule is CC(C)=CCC[C@](C)(OC[C@@H]1O[C@H](CO[C@@H]2O[C@H](CO)[C@@H](O)[C@H](OC[C@@H]3OC[C@@H](O)[C@H](O)[C@H]3O)[C@H]2O)[C@@H](O)[C@H](O)[C@H]1O)C1CC[C@]2(C)C1[C@H](O)CC1[C@@]3(C)CC[C@H](O[C@@H]4O[C@H](CO)[C@@H](O)[C@H](O)[C@H]4O[C@@H]4O[C@H](CO)[C@@H](O)[C@H](O)[C@H]4O[C@@H]4OC[C@@H](O)[C@H](O)[C@H]4O)C(C)(C)C3CC[C@]12C. The number of ether oxygens (including phenoxy) is 12. The molecule has 4 saturated carbocycles. The monoisotopic (exact) mass is 1400 g/mol. The van der Waals surface area contributed by atoms with Crippen LogP contribution in [0.1, 0.15) is 113 Å². The van der Waals surface area contributed by atoms with Crippen molar-refractivity contribution in [3.05, 3.63) is 11.6 Å². The molecule has 97 heavy (non-hydrogen) atoms. The van der Waals surface area contributed by atoms with E-state index in [1.165, 1.54) is 0 Å². The molecule has 562 valence electrons. The van der Waals surface area contributed by atoms with E-state index >= 15 is 0 Å². The van der Waals surface area contributed by atoms with Gasteiger partial charge in [-0.05, 0) is 124 Å². The van der Waals surface area contributed by atoms with Gasteiger partial charge in [0.2, 0.25) is 0 Å². The molecule has 10 aliphatic rings. The summed E-state index contributed by atoms with van der Waals surface area (Å²) in [5, 5.41) is 208. The van der Waals surface area contributed by atoms with Crippen LogP contribution < -0.4 is 0 Å². The number of hydrogen-bond donors (Lipinski definition) is 19. The largest absolute Gasteiger partial charge is 0.394 e. The summed E-state index contributed by atoms with van der Waals surface area (Å²) in [6, 6.07) is 0. The van der Waals surface area contributed by atoms with Gasteiger partial charge in [0, 0.05) is 0 Å². The van der Waals surface area contributed by atoms with Crippen LogP contribution in [-0.4, -0.2) is 339 Å². The maximum Gasteiger partial charge on any atom is 0.187 e. The molecule has 19 N–H and O–H groups in total. The Morgan fingerprint density at radius 3 is 1.58 bits per heavy atom. The second kappa shape index (κ2) is 30.9. The fourth-order valence-corrected chi connectivity index (χ4v) is 19.0. The molecule has 0 aromatic rings. The molecule has 4 aliphatic carbocycles. The van der Waals surface area contributed by atoms with Crippen LogP contribution in [0.3, 0.4) is 0 Å². The third-order valence-electron chi connectivity index (χ3n) is 25.0. The van der Waals surface area contributed by atoms with Crippen molar-refractivity contribution in [3.63, 3.8) is 0 Å². The Kier molecular flexibility index (Phi) is 24.9. The number of aliphatic hydroxyl groups excluding tert-OH is 19. The molecular formula is C66H112O31. The van der Waals surface area contributed by atoms with Crippen molar-refractivity contribution >= 4 is 0 Å². The summed E-state index contributed by atoms with van der Waals surface area (Å²) >= 11 is 0. The van der Waals surface area contributed by atoms with E-state index in [2.05, 4.69) is 40.7 Å². The minimum atomic E-state index is -1.90. The summed E-state index contributed by atoms with van der Waals surface area (Å²) in [7, 11) is 0. The summed E-state index contributed by atoms with van der Waals surface area (Å²) in [5.74, 6) is -0.524. The molecule has 38 atom stereocenters. The average molecular weight is 1400 g/mol. The number of allylic oxidation sites excluding steroid dienone is 2. The molecule has 6 aliphatic heterocycles. The van der Waals surface area contributed by atoms with Gasteiger partial charge in [-0.1, -0.05) is 46.3 Å². The molecule has 0 radical (unpaired) electrons. The normalized spacial score (nSPS) is 52.3. The molecule has 31 heteroatoms. The average Bonchev–Trinajstić information content (AvgIpc) is 1.66. The molecule has 10 fully saturated rings. The summed E-state index contributed by atoms with van der Waals surface area (Å²) in [5.41, 5.74) is -1.67. The lowest BCUT2D eigenvalue weighted by molar-refractivity contribution is -0.395. The van der Waals surface area contributed by atoms with Gasteiger partial charge in [0.1, 0.15) is 146 Å². The minimum Gasteiger partial charge on any atom is -0.394 e. The predicted molar refractivity (Wildman–Crippen MR) is 329 cm³/mol. The summed E-state index contributed by atoms with van der Waals surface area (Å²) < 4.78 is 72.9. The van der Waals surface area contributed by atoms with Crippen LogP contribution in [0, 0.1) is 45.3 Å². The number of rotatable bonds is 22. The molecule has 0 aromatic heterocycles. The van der Waals surface area contributed by atoms with Crippen LogP contribution in [0.4, 0.5) is 0 Å². The molecule has 0 spiro atoms. The van der Waals surface area contributed by atoms with Gasteiger partial charge in [-0.15, -0.1) is 0 Å².